The monoisotopic (exact) mass is 207 g/mol. The molecule has 0 aromatic carbocycles. The third-order valence-electron chi connectivity index (χ3n) is 1.99. The van der Waals surface area contributed by atoms with Crippen LogP contribution in [0.25, 0.3) is 0 Å². The molecule has 1 heterocycles. The minimum Gasteiger partial charge on any atom is -0.341 e. The molecule has 0 fully saturated rings. The molecule has 15 heavy (non-hydrogen) atoms. The van der Waals surface area contributed by atoms with E-state index in [1.54, 1.807) is 13.1 Å². The zero-order chi connectivity index (χ0) is 11.5. The zero-order valence-corrected chi connectivity index (χ0v) is 9.59. The van der Waals surface area contributed by atoms with Gasteiger partial charge in [0.25, 0.3) is 0 Å². The summed E-state index contributed by atoms with van der Waals surface area (Å²) in [5, 5.41) is 5.12. The van der Waals surface area contributed by atoms with Gasteiger partial charge in [-0.2, -0.15) is 0 Å². The Labute approximate surface area is 90.1 Å². The maximum absolute atomic E-state index is 11.1. The maximum atomic E-state index is 11.1. The van der Waals surface area contributed by atoms with Gasteiger partial charge < -0.3 is 5.32 Å². The number of amides is 2. The van der Waals surface area contributed by atoms with Crippen molar-refractivity contribution < 1.29 is 4.79 Å². The SMILES string of the molecule is CNC(=O)Nc1cccc(C(C)(C)C)n1. The second kappa shape index (κ2) is 4.29. The van der Waals surface area contributed by atoms with E-state index >= 15 is 0 Å². The molecule has 2 N–H and O–H groups in total. The van der Waals surface area contributed by atoms with E-state index in [2.05, 4.69) is 36.4 Å². The molecule has 2 amide bonds. The van der Waals surface area contributed by atoms with Gasteiger partial charge in [0.05, 0.1) is 0 Å². The minimum atomic E-state index is -0.256. The summed E-state index contributed by atoms with van der Waals surface area (Å²) >= 11 is 0. The van der Waals surface area contributed by atoms with Crippen molar-refractivity contribution in [1.82, 2.24) is 10.3 Å². The number of hydrogen-bond acceptors (Lipinski definition) is 2. The van der Waals surface area contributed by atoms with E-state index in [1.807, 2.05) is 12.1 Å². The molecule has 0 aliphatic carbocycles. The Hall–Kier alpha value is -1.58. The zero-order valence-electron chi connectivity index (χ0n) is 9.59. The van der Waals surface area contributed by atoms with Crippen molar-refractivity contribution in [2.45, 2.75) is 26.2 Å². The van der Waals surface area contributed by atoms with Crippen LogP contribution in [0, 0.1) is 0 Å². The number of pyridine rings is 1. The molecule has 1 aromatic heterocycles. The second-order valence-corrected chi connectivity index (χ2v) is 4.36. The summed E-state index contributed by atoms with van der Waals surface area (Å²) in [5.74, 6) is 0.571. The summed E-state index contributed by atoms with van der Waals surface area (Å²) in [6, 6.07) is 5.35. The van der Waals surface area contributed by atoms with Gasteiger partial charge in [0.1, 0.15) is 5.82 Å². The fourth-order valence-corrected chi connectivity index (χ4v) is 1.10. The van der Waals surface area contributed by atoms with Gasteiger partial charge in [-0.05, 0) is 12.1 Å². The summed E-state index contributed by atoms with van der Waals surface area (Å²) in [4.78, 5) is 15.4. The predicted octanol–water partition coefficient (Wildman–Crippen LogP) is 2.13. The number of carbonyl (C=O) groups excluding carboxylic acids is 1. The Morgan fingerprint density at radius 2 is 2.00 bits per heavy atom. The van der Waals surface area contributed by atoms with Crippen LogP contribution in [0.2, 0.25) is 0 Å². The van der Waals surface area contributed by atoms with Gasteiger partial charge >= 0.3 is 6.03 Å². The first-order valence-electron chi connectivity index (χ1n) is 4.90. The van der Waals surface area contributed by atoms with Gasteiger partial charge in [-0.25, -0.2) is 9.78 Å². The van der Waals surface area contributed by atoms with Crippen LogP contribution in [-0.4, -0.2) is 18.1 Å². The fourth-order valence-electron chi connectivity index (χ4n) is 1.10. The van der Waals surface area contributed by atoms with Crippen LogP contribution >= 0.6 is 0 Å². The summed E-state index contributed by atoms with van der Waals surface area (Å²) < 4.78 is 0. The summed E-state index contributed by atoms with van der Waals surface area (Å²) in [5.41, 5.74) is 0.941. The third-order valence-corrected chi connectivity index (χ3v) is 1.99. The normalized spacial score (nSPS) is 10.9. The first-order valence-corrected chi connectivity index (χ1v) is 4.90. The molecule has 0 aliphatic heterocycles. The van der Waals surface area contributed by atoms with Crippen LogP contribution in [0.1, 0.15) is 26.5 Å². The Morgan fingerprint density at radius 1 is 1.33 bits per heavy atom. The molecule has 0 radical (unpaired) electrons. The Bertz CT molecular complexity index is 355. The Balaban J connectivity index is 2.88. The van der Waals surface area contributed by atoms with Gasteiger partial charge in [-0.3, -0.25) is 5.32 Å². The first-order chi connectivity index (χ1) is 6.93. The molecule has 0 bridgehead atoms. The van der Waals surface area contributed by atoms with Gasteiger partial charge in [-0.15, -0.1) is 0 Å². The molecule has 0 aliphatic rings. The number of aromatic nitrogens is 1. The highest BCUT2D eigenvalue weighted by Crippen LogP contribution is 2.20. The van der Waals surface area contributed by atoms with Gasteiger partial charge in [-0.1, -0.05) is 26.8 Å². The van der Waals surface area contributed by atoms with Crippen molar-refractivity contribution >= 4 is 11.8 Å². The highest BCUT2D eigenvalue weighted by atomic mass is 16.2. The summed E-state index contributed by atoms with van der Waals surface area (Å²) in [6.45, 7) is 6.25. The highest BCUT2D eigenvalue weighted by Gasteiger charge is 2.15. The molecule has 0 atom stereocenters. The van der Waals surface area contributed by atoms with Crippen molar-refractivity contribution in [3.05, 3.63) is 23.9 Å². The number of urea groups is 1. The molecule has 1 rings (SSSR count). The van der Waals surface area contributed by atoms with E-state index in [1.165, 1.54) is 0 Å². The van der Waals surface area contributed by atoms with Crippen molar-refractivity contribution in [1.29, 1.82) is 0 Å². The molecular formula is C11H17N3O. The number of nitrogens with one attached hydrogen (secondary N) is 2. The molecule has 0 saturated heterocycles. The fraction of sp³-hybridized carbons (Fsp3) is 0.455. The van der Waals surface area contributed by atoms with E-state index in [0.717, 1.165) is 5.69 Å². The van der Waals surface area contributed by atoms with E-state index in [9.17, 15) is 4.79 Å². The van der Waals surface area contributed by atoms with Crippen LogP contribution in [0.15, 0.2) is 18.2 Å². The Morgan fingerprint density at radius 3 is 2.53 bits per heavy atom. The van der Waals surface area contributed by atoms with Crippen molar-refractivity contribution in [3.8, 4) is 0 Å². The van der Waals surface area contributed by atoms with Crippen LogP contribution in [0.3, 0.4) is 0 Å². The molecule has 0 saturated carbocycles. The number of nitrogens with zero attached hydrogens (tertiary/aromatic N) is 1. The summed E-state index contributed by atoms with van der Waals surface area (Å²) in [7, 11) is 1.57. The standard InChI is InChI=1S/C11H17N3O/c1-11(2,3)8-6-5-7-9(13-8)14-10(15)12-4/h5-7H,1-4H3,(H2,12,13,14,15). The lowest BCUT2D eigenvalue weighted by atomic mass is 9.92. The highest BCUT2D eigenvalue weighted by molar-refractivity contribution is 5.87. The molecule has 0 unspecified atom stereocenters. The van der Waals surface area contributed by atoms with Crippen LogP contribution in [0.5, 0.6) is 0 Å². The molecule has 82 valence electrons. The van der Waals surface area contributed by atoms with Gasteiger partial charge in [0, 0.05) is 18.2 Å². The lowest BCUT2D eigenvalue weighted by molar-refractivity contribution is 0.254. The predicted molar refractivity (Wildman–Crippen MR) is 61.0 cm³/mol. The minimum absolute atomic E-state index is 0.0135. The maximum Gasteiger partial charge on any atom is 0.320 e. The largest absolute Gasteiger partial charge is 0.341 e. The van der Waals surface area contributed by atoms with E-state index < -0.39 is 0 Å². The lowest BCUT2D eigenvalue weighted by Crippen LogP contribution is -2.25. The number of anilines is 1. The average Bonchev–Trinajstić information content (AvgIpc) is 2.17. The van der Waals surface area contributed by atoms with Crippen LogP contribution in [0.4, 0.5) is 10.6 Å². The van der Waals surface area contributed by atoms with Crippen molar-refractivity contribution in [2.24, 2.45) is 0 Å². The van der Waals surface area contributed by atoms with E-state index in [-0.39, 0.29) is 11.4 Å². The summed E-state index contributed by atoms with van der Waals surface area (Å²) in [6.07, 6.45) is 0. The molecular weight excluding hydrogens is 190 g/mol. The quantitative estimate of drug-likeness (QED) is 0.741. The lowest BCUT2D eigenvalue weighted by Gasteiger charge is -2.18. The first kappa shape index (κ1) is 11.5. The van der Waals surface area contributed by atoms with E-state index in [4.69, 9.17) is 0 Å². The van der Waals surface area contributed by atoms with Crippen molar-refractivity contribution in [3.63, 3.8) is 0 Å². The molecule has 4 heteroatoms. The number of rotatable bonds is 1. The molecule has 1 aromatic rings. The Kier molecular flexibility index (Phi) is 3.29. The number of hydrogen-bond donors (Lipinski definition) is 2. The average molecular weight is 207 g/mol. The van der Waals surface area contributed by atoms with Gasteiger partial charge in [0.15, 0.2) is 0 Å². The molecule has 4 nitrogen and oxygen atoms in total. The second-order valence-electron chi connectivity index (χ2n) is 4.36. The van der Waals surface area contributed by atoms with Crippen LogP contribution < -0.4 is 10.6 Å². The van der Waals surface area contributed by atoms with Gasteiger partial charge in [0.2, 0.25) is 0 Å². The third kappa shape index (κ3) is 3.23. The van der Waals surface area contributed by atoms with Crippen molar-refractivity contribution in [2.75, 3.05) is 12.4 Å². The van der Waals surface area contributed by atoms with E-state index in [0.29, 0.717) is 5.82 Å². The molecule has 0 spiro atoms. The topological polar surface area (TPSA) is 54.0 Å². The number of carbonyl (C=O) groups is 1. The van der Waals surface area contributed by atoms with Crippen LogP contribution in [-0.2, 0) is 5.41 Å². The smallest absolute Gasteiger partial charge is 0.320 e.